The number of benzene rings is 2. The SMILES string of the molecule is COc1cc(/C=C2/C(=O)N(C)C(=S)N2C)cc(Br)c1OCc1ccc(Cl)cc1Cl. The second-order valence-corrected chi connectivity index (χ2v) is 8.36. The maximum absolute atomic E-state index is 12.4. The van der Waals surface area contributed by atoms with Crippen LogP contribution < -0.4 is 9.47 Å². The van der Waals surface area contributed by atoms with E-state index >= 15 is 0 Å². The van der Waals surface area contributed by atoms with E-state index in [9.17, 15) is 4.79 Å². The Labute approximate surface area is 192 Å². The number of thiocarbonyl (C=S) groups is 1. The fourth-order valence-corrected chi connectivity index (χ4v) is 4.02. The molecule has 2 aromatic rings. The highest BCUT2D eigenvalue weighted by atomic mass is 79.9. The monoisotopic (exact) mass is 514 g/mol. The van der Waals surface area contributed by atoms with E-state index in [1.54, 1.807) is 50.4 Å². The molecule has 0 atom stereocenters. The third-order valence-electron chi connectivity index (χ3n) is 4.40. The normalized spacial score (nSPS) is 15.4. The second-order valence-electron chi connectivity index (χ2n) is 6.29. The molecule has 3 rings (SSSR count). The topological polar surface area (TPSA) is 42.0 Å². The van der Waals surface area contributed by atoms with E-state index in [0.717, 1.165) is 11.1 Å². The predicted molar refractivity (Wildman–Crippen MR) is 123 cm³/mol. The van der Waals surface area contributed by atoms with Gasteiger partial charge in [-0.3, -0.25) is 9.69 Å². The summed E-state index contributed by atoms with van der Waals surface area (Å²) in [5, 5.41) is 1.54. The Hall–Kier alpha value is -1.80. The summed E-state index contributed by atoms with van der Waals surface area (Å²) < 4.78 is 12.1. The third-order valence-corrected chi connectivity index (χ3v) is 6.12. The molecule has 1 fully saturated rings. The summed E-state index contributed by atoms with van der Waals surface area (Å²) in [5.74, 6) is 0.880. The van der Waals surface area contributed by atoms with Gasteiger partial charge in [-0.05, 0) is 64.1 Å². The van der Waals surface area contributed by atoms with Crippen LogP contribution in [-0.2, 0) is 11.4 Å². The zero-order valence-electron chi connectivity index (χ0n) is 15.8. The van der Waals surface area contributed by atoms with Crippen molar-refractivity contribution in [3.05, 3.63) is 61.7 Å². The number of hydrogen-bond acceptors (Lipinski definition) is 4. The van der Waals surface area contributed by atoms with E-state index in [-0.39, 0.29) is 12.5 Å². The minimum absolute atomic E-state index is 0.162. The molecule has 1 aliphatic rings. The number of rotatable bonds is 5. The van der Waals surface area contributed by atoms with Crippen LogP contribution >= 0.6 is 51.3 Å². The Balaban J connectivity index is 1.89. The summed E-state index contributed by atoms with van der Waals surface area (Å²) in [6, 6.07) is 8.87. The number of hydrogen-bond donors (Lipinski definition) is 0. The van der Waals surface area contributed by atoms with Crippen LogP contribution in [0.3, 0.4) is 0 Å². The minimum Gasteiger partial charge on any atom is -0.493 e. The van der Waals surface area contributed by atoms with Crippen molar-refractivity contribution in [2.45, 2.75) is 6.61 Å². The molecule has 0 aliphatic carbocycles. The molecule has 0 bridgehead atoms. The van der Waals surface area contributed by atoms with Crippen LogP contribution in [0.5, 0.6) is 11.5 Å². The quantitative estimate of drug-likeness (QED) is 0.395. The van der Waals surface area contributed by atoms with Crippen molar-refractivity contribution in [2.24, 2.45) is 0 Å². The molecule has 1 saturated heterocycles. The first-order valence-corrected chi connectivity index (χ1v) is 10.4. The largest absolute Gasteiger partial charge is 0.493 e. The van der Waals surface area contributed by atoms with Crippen molar-refractivity contribution < 1.29 is 14.3 Å². The summed E-state index contributed by atoms with van der Waals surface area (Å²) >= 11 is 20.9. The molecule has 0 spiro atoms. The average molecular weight is 516 g/mol. The molecule has 0 unspecified atom stereocenters. The van der Waals surface area contributed by atoms with Gasteiger partial charge in [-0.1, -0.05) is 29.3 Å². The number of halogens is 3. The molecule has 2 aromatic carbocycles. The summed E-state index contributed by atoms with van der Waals surface area (Å²) in [6.07, 6.45) is 1.76. The van der Waals surface area contributed by atoms with Crippen LogP contribution in [0.4, 0.5) is 0 Å². The van der Waals surface area contributed by atoms with Crippen molar-refractivity contribution in [2.75, 3.05) is 21.2 Å². The van der Waals surface area contributed by atoms with Crippen LogP contribution in [0.1, 0.15) is 11.1 Å². The Morgan fingerprint density at radius 3 is 2.48 bits per heavy atom. The number of carbonyl (C=O) groups excluding carboxylic acids is 1. The van der Waals surface area contributed by atoms with Gasteiger partial charge in [0.25, 0.3) is 5.91 Å². The first-order chi connectivity index (χ1) is 13.7. The van der Waals surface area contributed by atoms with Crippen molar-refractivity contribution in [3.63, 3.8) is 0 Å². The molecule has 0 aromatic heterocycles. The zero-order valence-corrected chi connectivity index (χ0v) is 19.7. The molecule has 9 heteroatoms. The third kappa shape index (κ3) is 4.53. The van der Waals surface area contributed by atoms with E-state index in [0.29, 0.717) is 36.8 Å². The molecule has 5 nitrogen and oxygen atoms in total. The maximum Gasteiger partial charge on any atom is 0.276 e. The average Bonchev–Trinajstić information content (AvgIpc) is 2.86. The maximum atomic E-state index is 12.4. The molecule has 0 saturated carbocycles. The number of ether oxygens (including phenoxy) is 2. The molecule has 29 heavy (non-hydrogen) atoms. The summed E-state index contributed by atoms with van der Waals surface area (Å²) in [7, 11) is 4.96. The Morgan fingerprint density at radius 1 is 1.17 bits per heavy atom. The highest BCUT2D eigenvalue weighted by molar-refractivity contribution is 9.10. The van der Waals surface area contributed by atoms with Gasteiger partial charge in [-0.15, -0.1) is 0 Å². The molecule has 0 N–H and O–H groups in total. The Morgan fingerprint density at radius 2 is 1.90 bits per heavy atom. The van der Waals surface area contributed by atoms with E-state index in [1.807, 2.05) is 12.1 Å². The molecule has 1 aliphatic heterocycles. The molecular weight excluding hydrogens is 499 g/mol. The lowest BCUT2D eigenvalue weighted by Gasteiger charge is -2.15. The van der Waals surface area contributed by atoms with Gasteiger partial charge in [0, 0.05) is 29.7 Å². The van der Waals surface area contributed by atoms with Gasteiger partial charge in [0.15, 0.2) is 16.6 Å². The molecular formula is C20H17BrCl2N2O3S. The highest BCUT2D eigenvalue weighted by Gasteiger charge is 2.32. The summed E-state index contributed by atoms with van der Waals surface area (Å²) in [6.45, 7) is 0.242. The number of likely N-dealkylation sites (N-methyl/N-ethyl adjacent to an activating group) is 2. The van der Waals surface area contributed by atoms with E-state index in [1.165, 1.54) is 4.90 Å². The summed E-state index contributed by atoms with van der Waals surface area (Å²) in [4.78, 5) is 15.5. The van der Waals surface area contributed by atoms with Crippen LogP contribution in [0.15, 0.2) is 40.5 Å². The van der Waals surface area contributed by atoms with E-state index in [2.05, 4.69) is 15.9 Å². The number of amides is 1. The first-order valence-electron chi connectivity index (χ1n) is 8.44. The van der Waals surface area contributed by atoms with Gasteiger partial charge < -0.3 is 14.4 Å². The van der Waals surface area contributed by atoms with Crippen molar-refractivity contribution in [1.29, 1.82) is 0 Å². The van der Waals surface area contributed by atoms with E-state index in [4.69, 9.17) is 44.9 Å². The predicted octanol–water partition coefficient (Wildman–Crippen LogP) is 5.37. The van der Waals surface area contributed by atoms with Gasteiger partial charge in [0.2, 0.25) is 0 Å². The Bertz CT molecular complexity index is 1030. The first kappa shape index (κ1) is 21.9. The minimum atomic E-state index is -0.162. The fraction of sp³-hybridized carbons (Fsp3) is 0.200. The van der Waals surface area contributed by atoms with Crippen molar-refractivity contribution >= 4 is 68.4 Å². The van der Waals surface area contributed by atoms with Crippen LogP contribution in [0, 0.1) is 0 Å². The van der Waals surface area contributed by atoms with Gasteiger partial charge in [-0.2, -0.15) is 0 Å². The lowest BCUT2D eigenvalue weighted by Crippen LogP contribution is -2.26. The smallest absolute Gasteiger partial charge is 0.276 e. The summed E-state index contributed by atoms with van der Waals surface area (Å²) in [5.41, 5.74) is 2.04. The van der Waals surface area contributed by atoms with Gasteiger partial charge in [0.05, 0.1) is 11.6 Å². The Kier molecular flexibility index (Phi) is 6.73. The van der Waals surface area contributed by atoms with Gasteiger partial charge in [0.1, 0.15) is 12.3 Å². The molecule has 1 heterocycles. The molecule has 1 amide bonds. The van der Waals surface area contributed by atoms with Crippen molar-refractivity contribution in [3.8, 4) is 11.5 Å². The number of nitrogens with zero attached hydrogens (tertiary/aromatic N) is 2. The number of carbonyl (C=O) groups is 1. The number of methoxy groups -OCH3 is 1. The van der Waals surface area contributed by atoms with Gasteiger partial charge in [-0.25, -0.2) is 0 Å². The lowest BCUT2D eigenvalue weighted by molar-refractivity contribution is -0.121. The standard InChI is InChI=1S/C20H17BrCl2N2O3S/c1-24-16(19(26)25(2)20(24)29)7-11-6-14(21)18(17(8-11)27-3)28-10-12-4-5-13(22)9-15(12)23/h4-9H,10H2,1-3H3/b16-7-. The second kappa shape index (κ2) is 8.92. The van der Waals surface area contributed by atoms with Crippen LogP contribution in [0.25, 0.3) is 6.08 Å². The lowest BCUT2D eigenvalue weighted by atomic mass is 10.1. The zero-order chi connectivity index (χ0) is 21.3. The van der Waals surface area contributed by atoms with Gasteiger partial charge >= 0.3 is 0 Å². The molecule has 152 valence electrons. The highest BCUT2D eigenvalue weighted by Crippen LogP contribution is 2.38. The molecule has 0 radical (unpaired) electrons. The van der Waals surface area contributed by atoms with E-state index < -0.39 is 0 Å². The van der Waals surface area contributed by atoms with Crippen molar-refractivity contribution in [1.82, 2.24) is 9.80 Å². The van der Waals surface area contributed by atoms with Crippen LogP contribution in [0.2, 0.25) is 10.0 Å². The van der Waals surface area contributed by atoms with Crippen LogP contribution in [-0.4, -0.2) is 42.0 Å². The fourth-order valence-electron chi connectivity index (χ4n) is 2.80.